The highest BCUT2D eigenvalue weighted by Gasteiger charge is 2.53. The van der Waals surface area contributed by atoms with Gasteiger partial charge >= 0.3 is 0 Å². The number of rotatable bonds is 25. The van der Waals surface area contributed by atoms with E-state index in [-0.39, 0.29) is 54.2 Å². The quantitative estimate of drug-likeness (QED) is 0.0154. The van der Waals surface area contributed by atoms with Crippen LogP contribution in [0.15, 0.2) is 70.3 Å². The van der Waals surface area contributed by atoms with Crippen molar-refractivity contribution in [3.8, 4) is 17.2 Å². The molecule has 15 heteroatoms. The van der Waals surface area contributed by atoms with E-state index in [2.05, 4.69) is 76.2 Å². The van der Waals surface area contributed by atoms with E-state index in [1.807, 2.05) is 26.3 Å². The molecule has 6 N–H and O–H groups in total. The van der Waals surface area contributed by atoms with Gasteiger partial charge in [-0.15, -0.1) is 12.6 Å². The fraction of sp³-hybridized carbons (Fsp3) is 0.490. The Morgan fingerprint density at radius 1 is 0.496 bits per heavy atom. The van der Waals surface area contributed by atoms with E-state index in [1.54, 1.807) is 14.2 Å². The van der Waals surface area contributed by atoms with Crippen molar-refractivity contribution in [2.45, 2.75) is 242 Å². The monoisotopic (exact) mass is 1650 g/mol. The molecule has 4 fully saturated rings. The number of methoxy groups -OCH3 is 3. The van der Waals surface area contributed by atoms with E-state index in [1.165, 1.54) is 52.6 Å². The number of aliphatic hydroxyl groups excluding tert-OH is 3. The second-order valence-corrected chi connectivity index (χ2v) is 40.3. The number of aromatic nitrogens is 1. The van der Waals surface area contributed by atoms with Crippen LogP contribution in [0.25, 0.3) is 125 Å². The van der Waals surface area contributed by atoms with Gasteiger partial charge in [-0.3, -0.25) is 9.19 Å². The summed E-state index contributed by atoms with van der Waals surface area (Å²) in [6, 6.07) is 17.6. The number of thiol groups is 2. The molecule has 0 aliphatic heterocycles. The molecule has 0 radical (unpaired) electrons. The van der Waals surface area contributed by atoms with Gasteiger partial charge < -0.3 is 49.6 Å². The molecule has 14 aromatic rings. The Labute approximate surface area is 711 Å². The topological polar surface area (TPSA) is 188 Å². The van der Waals surface area contributed by atoms with E-state index < -0.39 is 22.2 Å². The maximum Gasteiger partial charge on any atom is 0.129 e. The van der Waals surface area contributed by atoms with Crippen molar-refractivity contribution in [1.82, 2.24) is 4.98 Å². The van der Waals surface area contributed by atoms with Gasteiger partial charge in [-0.05, 0) is 315 Å². The first-order valence-electron chi connectivity index (χ1n) is 45.5. The van der Waals surface area contributed by atoms with Crippen LogP contribution >= 0.6 is 25.3 Å². The van der Waals surface area contributed by atoms with Crippen molar-refractivity contribution in [3.63, 3.8) is 0 Å². The van der Waals surface area contributed by atoms with Gasteiger partial charge in [0.15, 0.2) is 0 Å². The molecule has 0 bridgehead atoms. The largest absolute Gasteiger partial charge is 0.511 e. The third kappa shape index (κ3) is 11.4. The third-order valence-corrected chi connectivity index (χ3v) is 34.4. The first-order valence-corrected chi connectivity index (χ1v) is 47.8. The van der Waals surface area contributed by atoms with Gasteiger partial charge in [0.25, 0.3) is 0 Å². The molecule has 0 amide bonds. The highest BCUT2D eigenvalue weighted by molar-refractivity contribution is 7.85. The summed E-state index contributed by atoms with van der Waals surface area (Å²) in [6.45, 7) is 13.0. The van der Waals surface area contributed by atoms with E-state index >= 15 is 4.21 Å². The van der Waals surface area contributed by atoms with Crippen LogP contribution in [0.1, 0.15) is 238 Å². The zero-order valence-electron chi connectivity index (χ0n) is 70.5. The molecule has 4 saturated carbocycles. The second-order valence-electron chi connectivity index (χ2n) is 37.6. The fourth-order valence-corrected chi connectivity index (χ4v) is 29.3. The smallest absolute Gasteiger partial charge is 0.129 e. The first kappa shape index (κ1) is 78.9. The van der Waals surface area contributed by atoms with E-state index in [0.717, 1.165) is 265 Å². The number of aryl methyl sites for hydroxylation is 6. The maximum absolute atomic E-state index is 15.7. The van der Waals surface area contributed by atoms with Crippen molar-refractivity contribution in [2.24, 2.45) is 53.3 Å². The van der Waals surface area contributed by atoms with Gasteiger partial charge in [0, 0.05) is 143 Å². The Hall–Kier alpha value is -7.28. The van der Waals surface area contributed by atoms with E-state index in [4.69, 9.17) is 49.2 Å². The van der Waals surface area contributed by atoms with Crippen molar-refractivity contribution >= 4 is 161 Å². The number of phenolic OH excluding ortho intramolecular Hbond substituents is 3. The number of nitrogens with zero attached hydrogens (tertiary/aromatic N) is 1. The van der Waals surface area contributed by atoms with Crippen LogP contribution in [0.5, 0.6) is 17.2 Å². The molecule has 14 atom stereocenters. The summed E-state index contributed by atoms with van der Waals surface area (Å²) in [6.07, 6.45) is 24.5. The molecular formula is C104H115NO11S3. The lowest BCUT2D eigenvalue weighted by Crippen LogP contribution is -2.51. The summed E-state index contributed by atoms with van der Waals surface area (Å²) in [4.78, 5) is 7.23. The lowest BCUT2D eigenvalue weighted by molar-refractivity contribution is -0.0954. The van der Waals surface area contributed by atoms with E-state index in [9.17, 15) is 30.6 Å². The van der Waals surface area contributed by atoms with Gasteiger partial charge in [0.05, 0.1) is 53.6 Å². The lowest BCUT2D eigenvalue weighted by Gasteiger charge is -2.56. The molecule has 7 aliphatic rings. The van der Waals surface area contributed by atoms with Crippen LogP contribution in [0.4, 0.5) is 0 Å². The van der Waals surface area contributed by atoms with Crippen LogP contribution in [-0.4, -0.2) is 86.2 Å². The maximum atomic E-state index is 15.7. The minimum Gasteiger partial charge on any atom is -0.511 e. The summed E-state index contributed by atoms with van der Waals surface area (Å²) in [7, 11) is 3.75. The summed E-state index contributed by atoms with van der Waals surface area (Å²) in [5, 5.41) is 98.2. The third-order valence-electron chi connectivity index (χ3n) is 32.1. The minimum absolute atomic E-state index is 0.0450. The number of aromatic hydroxyl groups is 3. The highest BCUT2D eigenvalue weighted by Crippen LogP contribution is 2.66. The normalized spacial score (nSPS) is 24.7. The predicted molar refractivity (Wildman–Crippen MR) is 491 cm³/mol. The van der Waals surface area contributed by atoms with Crippen molar-refractivity contribution in [2.75, 3.05) is 40.3 Å². The van der Waals surface area contributed by atoms with Crippen LogP contribution in [-0.2, 0) is 101 Å². The SMILES string of the molecule is CCCCc1cc2c(S(=O)CC)cc3c(CCc4c5c(c(COC)c6cccc(S)c46)CC4C(C5)CC5CC6CCCC(O)C6CC5C4COCC)c(O)c4c(COC)c5c(O)c(CCCc6cccc7c(CCC)c8c(c(O)c67)C(O)C6CCCCC6C8CCC)c6cnc7c(COC)c8c9c(c1c1c2c3c4c2c5c6c7c9c12)C(S)C(O)=C8. The minimum atomic E-state index is -1.49. The summed E-state index contributed by atoms with van der Waals surface area (Å²) < 4.78 is 41.5. The molecule has 0 saturated heterocycles. The molecule has 1 aromatic heterocycles. The van der Waals surface area contributed by atoms with Gasteiger partial charge in [-0.2, -0.15) is 12.6 Å². The Balaban J connectivity index is 0.821. The first-order chi connectivity index (χ1) is 58.0. The predicted octanol–water partition coefficient (Wildman–Crippen LogP) is 24.0. The lowest BCUT2D eigenvalue weighted by atomic mass is 9.50. The Bertz CT molecular complexity index is 6460. The van der Waals surface area contributed by atoms with Gasteiger partial charge in [0.1, 0.15) is 23.0 Å². The van der Waals surface area contributed by atoms with Gasteiger partial charge in [-0.1, -0.05) is 96.6 Å². The molecule has 21 rings (SSSR count). The molecule has 1 heterocycles. The highest BCUT2D eigenvalue weighted by atomic mass is 32.2. The van der Waals surface area contributed by atoms with Crippen LogP contribution < -0.4 is 0 Å². The van der Waals surface area contributed by atoms with Crippen LogP contribution in [0, 0.1) is 53.3 Å². The summed E-state index contributed by atoms with van der Waals surface area (Å²) in [5.74, 6) is 4.85. The summed E-state index contributed by atoms with van der Waals surface area (Å²) >= 11 is 11.0. The van der Waals surface area contributed by atoms with E-state index in [0.29, 0.717) is 121 Å². The standard InChI is InChI=1S/C104H115NO11S3/c1-9-14-23-51-38-70-79(119(112)13-5)43-69-62(35-34-59-66-39-53-37-52-36-50-26-19-32-76(106)65(50)40-63(52)73(48-116-12-4)64(53)41-67(66)72(45-113-6)58-30-20-33-78(117)82(58)59)101(109)88-75(47-115-8)89-92-87-71(44-105-99-74(46-114-7)68-42-77(107)104(118)97-81(51)90-86(70)84(69)91(88)95(92)94(90)93(85(68)97)96(87)99)61(100(89)108)31-18-25-49-24-17-29-57-56(22-11-3)83-55(21-10-2)54-27-15-16-28-60(54)102(110)98(83)103(111)80(49)57/h17,20,24,29-30,33,38,42-44,50,52-55,60,63-65,73,76,102,104,106-111,117-118H,9-16,18-19,21-23,25-28,31-32,34-37,39-41,45-48H2,1-8H3. The Morgan fingerprint density at radius 2 is 1.16 bits per heavy atom. The van der Waals surface area contributed by atoms with Crippen molar-refractivity contribution in [3.05, 3.63) is 144 Å². The van der Waals surface area contributed by atoms with Crippen molar-refractivity contribution in [1.29, 1.82) is 0 Å². The Kier molecular flexibility index (Phi) is 20.3. The molecule has 119 heavy (non-hydrogen) atoms. The average molecular weight is 1650 g/mol. The summed E-state index contributed by atoms with van der Waals surface area (Å²) in [5.41, 5.74) is 16.1. The molecular weight excluding hydrogens is 1540 g/mol. The number of hydrogen-bond donors (Lipinski definition) is 8. The molecule has 12 nitrogen and oxygen atoms in total. The number of fused-ring (bicyclic) bond motifs is 9. The number of aliphatic hydroxyl groups is 3. The number of unbranched alkanes of at least 4 members (excludes halogenated alkanes) is 1. The van der Waals surface area contributed by atoms with Gasteiger partial charge in [0.2, 0.25) is 0 Å². The average Bonchev–Trinajstić information content (AvgIpc) is 0.640. The number of benzene rings is 13. The van der Waals surface area contributed by atoms with Gasteiger partial charge in [-0.25, -0.2) is 0 Å². The fourth-order valence-electron chi connectivity index (χ4n) is 27.7. The molecule has 13 aromatic carbocycles. The number of ether oxygens (including phenoxy) is 4. The van der Waals surface area contributed by atoms with Crippen LogP contribution in [0.3, 0.4) is 0 Å². The second kappa shape index (κ2) is 30.6. The zero-order chi connectivity index (χ0) is 81.7. The molecule has 7 aliphatic carbocycles. The molecule has 620 valence electrons. The zero-order valence-corrected chi connectivity index (χ0v) is 73.1. The number of phenols is 3. The number of hydrogen-bond acceptors (Lipinski definition) is 14. The molecule has 14 unspecified atom stereocenters. The molecule has 0 spiro atoms. The number of pyridine rings is 1. The van der Waals surface area contributed by atoms with Crippen LogP contribution in [0.2, 0.25) is 0 Å². The Morgan fingerprint density at radius 3 is 1.90 bits per heavy atom. The van der Waals surface area contributed by atoms with Crippen molar-refractivity contribution < 1.29 is 53.8 Å².